The fraction of sp³-hybridized carbons (Fsp3) is 0.632. The van der Waals surface area contributed by atoms with Crippen molar-refractivity contribution in [1.29, 1.82) is 0 Å². The van der Waals surface area contributed by atoms with Gasteiger partial charge in [0, 0.05) is 31.9 Å². The van der Waals surface area contributed by atoms with Crippen molar-refractivity contribution in [3.8, 4) is 0 Å². The third kappa shape index (κ3) is 4.20. The van der Waals surface area contributed by atoms with E-state index in [0.29, 0.717) is 0 Å². The highest BCUT2D eigenvalue weighted by atomic mass is 19.1. The number of rotatable bonds is 7. The summed E-state index contributed by atoms with van der Waals surface area (Å²) in [6, 6.07) is 7.29. The summed E-state index contributed by atoms with van der Waals surface area (Å²) in [6.45, 7) is 10.2. The van der Waals surface area contributed by atoms with E-state index in [9.17, 15) is 4.39 Å². The van der Waals surface area contributed by atoms with Crippen LogP contribution in [-0.2, 0) is 0 Å². The molecule has 1 aliphatic rings. The zero-order chi connectivity index (χ0) is 18.5. The maximum absolute atomic E-state index is 13.2. The van der Waals surface area contributed by atoms with E-state index in [-0.39, 0.29) is 17.9 Å². The van der Waals surface area contributed by atoms with Crippen LogP contribution in [0.3, 0.4) is 0 Å². The van der Waals surface area contributed by atoms with Crippen LogP contribution in [0.25, 0.3) is 0 Å². The van der Waals surface area contributed by atoms with Gasteiger partial charge in [-0.25, -0.2) is 9.07 Å². The molecule has 0 N–H and O–H groups in total. The minimum Gasteiger partial charge on any atom is -0.369 e. The Morgan fingerprint density at radius 2 is 1.77 bits per heavy atom. The van der Waals surface area contributed by atoms with Crippen molar-refractivity contribution in [2.45, 2.75) is 52.1 Å². The average Bonchev–Trinajstić information content (AvgIpc) is 3.13. The highest BCUT2D eigenvalue weighted by Gasteiger charge is 2.29. The molecule has 2 aromatic rings. The van der Waals surface area contributed by atoms with Crippen LogP contribution in [0.5, 0.6) is 0 Å². The van der Waals surface area contributed by atoms with Gasteiger partial charge in [0.05, 0.1) is 12.1 Å². The first kappa shape index (κ1) is 18.8. The molecule has 1 aromatic heterocycles. The van der Waals surface area contributed by atoms with Gasteiger partial charge in [0.25, 0.3) is 0 Å². The Labute approximate surface area is 155 Å². The molecular weight excluding hydrogens is 331 g/mol. The lowest BCUT2D eigenvalue weighted by molar-refractivity contribution is 0.161. The molecule has 26 heavy (non-hydrogen) atoms. The minimum absolute atomic E-state index is 0.187. The molecule has 0 aliphatic carbocycles. The van der Waals surface area contributed by atoms with Gasteiger partial charge in [-0.3, -0.25) is 4.90 Å². The molecule has 7 heteroatoms. The highest BCUT2D eigenvalue weighted by molar-refractivity contribution is 5.46. The van der Waals surface area contributed by atoms with Gasteiger partial charge in [-0.05, 0) is 55.0 Å². The molecule has 142 valence electrons. The van der Waals surface area contributed by atoms with Crippen LogP contribution in [0.4, 0.5) is 10.1 Å². The quantitative estimate of drug-likeness (QED) is 0.757. The van der Waals surface area contributed by atoms with Gasteiger partial charge in [0.15, 0.2) is 5.82 Å². The summed E-state index contributed by atoms with van der Waals surface area (Å²) >= 11 is 0. The number of halogens is 1. The van der Waals surface area contributed by atoms with Gasteiger partial charge < -0.3 is 4.90 Å². The minimum atomic E-state index is -0.187. The summed E-state index contributed by atoms with van der Waals surface area (Å²) in [7, 11) is 0. The van der Waals surface area contributed by atoms with Gasteiger partial charge in [-0.2, -0.15) is 0 Å². The van der Waals surface area contributed by atoms with Crippen LogP contribution < -0.4 is 4.90 Å². The van der Waals surface area contributed by atoms with Crippen LogP contribution in [0.2, 0.25) is 0 Å². The molecule has 1 fully saturated rings. The van der Waals surface area contributed by atoms with Crippen molar-refractivity contribution in [2.24, 2.45) is 0 Å². The van der Waals surface area contributed by atoms with Gasteiger partial charge >= 0.3 is 0 Å². The summed E-state index contributed by atoms with van der Waals surface area (Å²) in [5, 5.41) is 12.5. The number of unbranched alkanes of at least 4 members (excludes halogenated alkanes) is 1. The predicted molar refractivity (Wildman–Crippen MR) is 101 cm³/mol. The maximum Gasteiger partial charge on any atom is 0.168 e. The number of anilines is 1. The second-order valence-corrected chi connectivity index (χ2v) is 7.23. The van der Waals surface area contributed by atoms with Gasteiger partial charge in [0.1, 0.15) is 5.82 Å². The maximum atomic E-state index is 13.2. The Morgan fingerprint density at radius 1 is 1.08 bits per heavy atom. The van der Waals surface area contributed by atoms with E-state index in [4.69, 9.17) is 0 Å². The fourth-order valence-electron chi connectivity index (χ4n) is 3.60. The number of tetrazole rings is 1. The van der Waals surface area contributed by atoms with Gasteiger partial charge in [0.2, 0.25) is 0 Å². The molecule has 1 aromatic carbocycles. The van der Waals surface area contributed by atoms with Crippen molar-refractivity contribution in [3.05, 3.63) is 35.9 Å². The smallest absolute Gasteiger partial charge is 0.168 e. The van der Waals surface area contributed by atoms with E-state index in [1.165, 1.54) is 12.1 Å². The molecule has 6 nitrogen and oxygen atoms in total. The van der Waals surface area contributed by atoms with Crippen molar-refractivity contribution < 1.29 is 4.39 Å². The molecule has 0 bridgehead atoms. The molecule has 1 aliphatic heterocycles. The van der Waals surface area contributed by atoms with Crippen molar-refractivity contribution in [3.63, 3.8) is 0 Å². The number of hydrogen-bond donors (Lipinski definition) is 0. The summed E-state index contributed by atoms with van der Waals surface area (Å²) < 4.78 is 15.1. The number of nitrogens with zero attached hydrogens (tertiary/aromatic N) is 6. The summed E-state index contributed by atoms with van der Waals surface area (Å²) in [6.07, 6.45) is 3.39. The van der Waals surface area contributed by atoms with Crippen molar-refractivity contribution in [2.75, 3.05) is 31.1 Å². The van der Waals surface area contributed by atoms with E-state index in [2.05, 4.69) is 46.1 Å². The largest absolute Gasteiger partial charge is 0.369 e. The molecule has 3 rings (SSSR count). The molecule has 0 amide bonds. The standard InChI is InChI=1S/C19H29FN6/c1-4-5-6-18(19-21-22-23-26(19)15(2)3)25-13-11-24(12-14-25)17-9-7-16(20)8-10-17/h7-10,15,18H,4-6,11-14H2,1-3H3/t18-/m0/s1. The van der Waals surface area contributed by atoms with Crippen LogP contribution in [0.15, 0.2) is 24.3 Å². The Hall–Kier alpha value is -2.02. The van der Waals surface area contributed by atoms with Gasteiger partial charge in [-0.15, -0.1) is 5.10 Å². The number of piperazine rings is 1. The predicted octanol–water partition coefficient (Wildman–Crippen LogP) is 3.45. The first-order chi connectivity index (χ1) is 12.6. The van der Waals surface area contributed by atoms with Crippen LogP contribution >= 0.6 is 0 Å². The lowest BCUT2D eigenvalue weighted by Gasteiger charge is -2.40. The monoisotopic (exact) mass is 360 g/mol. The molecule has 1 saturated heterocycles. The highest BCUT2D eigenvalue weighted by Crippen LogP contribution is 2.28. The molecule has 2 heterocycles. The Kier molecular flexibility index (Phi) is 6.19. The summed E-state index contributed by atoms with van der Waals surface area (Å²) in [5.74, 6) is 0.788. The van der Waals surface area contributed by atoms with Crippen LogP contribution in [0, 0.1) is 5.82 Å². The average molecular weight is 360 g/mol. The van der Waals surface area contributed by atoms with E-state index >= 15 is 0 Å². The zero-order valence-corrected chi connectivity index (χ0v) is 16.0. The molecule has 0 saturated carbocycles. The third-order valence-electron chi connectivity index (χ3n) is 5.08. The third-order valence-corrected chi connectivity index (χ3v) is 5.08. The van der Waals surface area contributed by atoms with Crippen LogP contribution in [0.1, 0.15) is 57.9 Å². The van der Waals surface area contributed by atoms with E-state index in [1.54, 1.807) is 0 Å². The zero-order valence-electron chi connectivity index (χ0n) is 16.0. The molecule has 1 atom stereocenters. The van der Waals surface area contributed by atoms with Crippen molar-refractivity contribution in [1.82, 2.24) is 25.1 Å². The Balaban J connectivity index is 1.71. The number of benzene rings is 1. The van der Waals surface area contributed by atoms with Crippen molar-refractivity contribution >= 4 is 5.69 Å². The Bertz CT molecular complexity index is 676. The summed E-state index contributed by atoms with van der Waals surface area (Å²) in [5.41, 5.74) is 1.09. The lowest BCUT2D eigenvalue weighted by Crippen LogP contribution is -2.48. The van der Waals surface area contributed by atoms with Crippen LogP contribution in [-0.4, -0.2) is 51.3 Å². The molecule has 0 spiro atoms. The second kappa shape index (κ2) is 8.58. The molecule has 0 radical (unpaired) electrons. The lowest BCUT2D eigenvalue weighted by atomic mass is 10.1. The van der Waals surface area contributed by atoms with Gasteiger partial charge in [-0.1, -0.05) is 19.8 Å². The van der Waals surface area contributed by atoms with E-state index < -0.39 is 0 Å². The first-order valence-electron chi connectivity index (χ1n) is 9.62. The van der Waals surface area contributed by atoms with E-state index in [1.807, 2.05) is 16.8 Å². The first-order valence-corrected chi connectivity index (χ1v) is 9.62. The second-order valence-electron chi connectivity index (χ2n) is 7.23. The van der Waals surface area contributed by atoms with E-state index in [0.717, 1.165) is 57.0 Å². The Morgan fingerprint density at radius 3 is 2.38 bits per heavy atom. The molecular formula is C19H29FN6. The fourth-order valence-corrected chi connectivity index (χ4v) is 3.60. The topological polar surface area (TPSA) is 50.1 Å². The SMILES string of the molecule is CCCC[C@@H](c1nnnn1C(C)C)N1CCN(c2ccc(F)cc2)CC1. The summed E-state index contributed by atoms with van der Waals surface area (Å²) in [4.78, 5) is 4.82. The number of aromatic nitrogens is 4. The normalized spacial score (nSPS) is 17.0. The molecule has 0 unspecified atom stereocenters. The number of hydrogen-bond acceptors (Lipinski definition) is 5.